The average Bonchev–Trinajstić information content (AvgIpc) is 2.75. The maximum atomic E-state index is 13.9. The van der Waals surface area contributed by atoms with Crippen LogP contribution in [0.4, 0.5) is 24.5 Å². The van der Waals surface area contributed by atoms with Crippen LogP contribution in [0.25, 0.3) is 0 Å². The Hall–Kier alpha value is -3.53. The molecule has 3 aromatic rings. The molecule has 0 heterocycles. The van der Waals surface area contributed by atoms with Gasteiger partial charge in [0.15, 0.2) is 0 Å². The van der Waals surface area contributed by atoms with Gasteiger partial charge in [-0.2, -0.15) is 0 Å². The summed E-state index contributed by atoms with van der Waals surface area (Å²) in [6.07, 6.45) is 0. The maximum absolute atomic E-state index is 13.9. The molecule has 31 heavy (non-hydrogen) atoms. The minimum absolute atomic E-state index is 0.0919. The molecule has 1 N–H and O–H groups in total. The maximum Gasteiger partial charge on any atom is 0.264 e. The number of amides is 1. The molecule has 0 atom stereocenters. The molecular formula is C21H17F3N2O4S. The molecule has 0 bridgehead atoms. The van der Waals surface area contributed by atoms with E-state index in [4.69, 9.17) is 4.74 Å². The Labute approximate surface area is 176 Å². The molecule has 0 fully saturated rings. The monoisotopic (exact) mass is 450 g/mol. The second-order valence-corrected chi connectivity index (χ2v) is 8.17. The van der Waals surface area contributed by atoms with E-state index in [1.54, 1.807) is 0 Å². The van der Waals surface area contributed by atoms with Gasteiger partial charge in [-0.1, -0.05) is 6.07 Å². The van der Waals surface area contributed by atoms with Gasteiger partial charge in [0.2, 0.25) is 5.91 Å². The van der Waals surface area contributed by atoms with Crippen molar-refractivity contribution in [3.05, 3.63) is 84.2 Å². The number of ether oxygens (including phenoxy) is 1. The van der Waals surface area contributed by atoms with Crippen molar-refractivity contribution in [3.63, 3.8) is 0 Å². The van der Waals surface area contributed by atoms with Crippen LogP contribution < -0.4 is 14.4 Å². The van der Waals surface area contributed by atoms with Crippen LogP contribution >= 0.6 is 0 Å². The van der Waals surface area contributed by atoms with E-state index in [0.717, 1.165) is 46.8 Å². The van der Waals surface area contributed by atoms with E-state index in [-0.39, 0.29) is 10.6 Å². The van der Waals surface area contributed by atoms with Gasteiger partial charge in [-0.25, -0.2) is 21.6 Å². The first-order chi connectivity index (χ1) is 14.7. The van der Waals surface area contributed by atoms with E-state index in [9.17, 15) is 26.4 Å². The lowest BCUT2D eigenvalue weighted by molar-refractivity contribution is -0.114. The van der Waals surface area contributed by atoms with Gasteiger partial charge >= 0.3 is 0 Å². The van der Waals surface area contributed by atoms with Crippen LogP contribution in [0.3, 0.4) is 0 Å². The number of methoxy groups -OCH3 is 1. The minimum Gasteiger partial charge on any atom is -0.497 e. The Bertz CT molecular complexity index is 1160. The Balaban J connectivity index is 1.97. The Kier molecular flexibility index (Phi) is 6.50. The van der Waals surface area contributed by atoms with Crippen LogP contribution in [0.2, 0.25) is 0 Å². The van der Waals surface area contributed by atoms with Crippen molar-refractivity contribution in [2.75, 3.05) is 23.3 Å². The zero-order chi connectivity index (χ0) is 22.6. The lowest BCUT2D eigenvalue weighted by atomic mass is 10.3. The number of para-hydroxylation sites is 1. The third-order valence-corrected chi connectivity index (χ3v) is 6.06. The van der Waals surface area contributed by atoms with Gasteiger partial charge in [0.1, 0.15) is 35.4 Å². The number of nitrogens with zero attached hydrogens (tertiary/aromatic N) is 1. The number of hydrogen-bond acceptors (Lipinski definition) is 4. The number of nitrogens with one attached hydrogen (secondary N) is 1. The summed E-state index contributed by atoms with van der Waals surface area (Å²) in [5.41, 5.74) is -0.601. The smallest absolute Gasteiger partial charge is 0.264 e. The summed E-state index contributed by atoms with van der Waals surface area (Å²) >= 11 is 0. The summed E-state index contributed by atoms with van der Waals surface area (Å²) in [5.74, 6) is -3.19. The summed E-state index contributed by atoms with van der Waals surface area (Å²) < 4.78 is 73.1. The third-order valence-electron chi connectivity index (χ3n) is 4.28. The van der Waals surface area contributed by atoms with E-state index in [1.807, 2.05) is 0 Å². The summed E-state index contributed by atoms with van der Waals surface area (Å²) in [6.45, 7) is -0.792. The molecule has 1 amide bonds. The second kappa shape index (κ2) is 9.09. The van der Waals surface area contributed by atoms with Crippen molar-refractivity contribution in [3.8, 4) is 5.75 Å². The Morgan fingerprint density at radius 1 is 0.935 bits per heavy atom. The van der Waals surface area contributed by atoms with E-state index in [0.29, 0.717) is 5.75 Å². The van der Waals surface area contributed by atoms with Crippen molar-refractivity contribution in [1.82, 2.24) is 0 Å². The van der Waals surface area contributed by atoms with E-state index in [2.05, 4.69) is 5.32 Å². The van der Waals surface area contributed by atoms with Crippen molar-refractivity contribution < 1.29 is 31.1 Å². The van der Waals surface area contributed by atoms with Crippen LogP contribution in [0.15, 0.2) is 71.6 Å². The molecule has 3 rings (SSSR count). The van der Waals surface area contributed by atoms with Crippen molar-refractivity contribution in [2.45, 2.75) is 4.90 Å². The van der Waals surface area contributed by atoms with Crippen LogP contribution in [-0.2, 0) is 14.8 Å². The largest absolute Gasteiger partial charge is 0.497 e. The summed E-state index contributed by atoms with van der Waals surface area (Å²) in [4.78, 5) is 12.3. The fraction of sp³-hybridized carbons (Fsp3) is 0.0952. The molecule has 6 nitrogen and oxygen atoms in total. The van der Waals surface area contributed by atoms with Crippen LogP contribution in [-0.4, -0.2) is 28.0 Å². The van der Waals surface area contributed by atoms with Gasteiger partial charge in [-0.15, -0.1) is 0 Å². The zero-order valence-electron chi connectivity index (χ0n) is 16.2. The number of rotatable bonds is 7. The SMILES string of the molecule is COc1ccc(N(CC(=O)Nc2c(F)cccc2F)S(=O)(=O)c2ccc(F)cc2)cc1. The number of anilines is 2. The molecule has 3 aromatic carbocycles. The first kappa shape index (κ1) is 22.2. The summed E-state index contributed by atoms with van der Waals surface area (Å²) in [6, 6.07) is 12.8. The molecule has 0 aliphatic heterocycles. The predicted octanol–water partition coefficient (Wildman–Crippen LogP) is 3.95. The van der Waals surface area contributed by atoms with Crippen LogP contribution in [0, 0.1) is 17.5 Å². The topological polar surface area (TPSA) is 75.7 Å². The van der Waals surface area contributed by atoms with Crippen LogP contribution in [0.5, 0.6) is 5.75 Å². The number of benzene rings is 3. The molecule has 0 spiro atoms. The van der Waals surface area contributed by atoms with Crippen LogP contribution in [0.1, 0.15) is 0 Å². The van der Waals surface area contributed by atoms with Crippen molar-refractivity contribution in [1.29, 1.82) is 0 Å². The second-order valence-electron chi connectivity index (χ2n) is 6.31. The lowest BCUT2D eigenvalue weighted by Gasteiger charge is -2.24. The molecule has 10 heteroatoms. The zero-order valence-corrected chi connectivity index (χ0v) is 17.0. The Morgan fingerprint density at radius 2 is 1.52 bits per heavy atom. The number of carbonyl (C=O) groups excluding carboxylic acids is 1. The number of sulfonamides is 1. The summed E-state index contributed by atoms with van der Waals surface area (Å²) in [5, 5.41) is 2.05. The fourth-order valence-corrected chi connectivity index (χ4v) is 4.14. The first-order valence-electron chi connectivity index (χ1n) is 8.88. The predicted molar refractivity (Wildman–Crippen MR) is 109 cm³/mol. The highest BCUT2D eigenvalue weighted by Crippen LogP contribution is 2.26. The molecule has 0 radical (unpaired) electrons. The fourth-order valence-electron chi connectivity index (χ4n) is 2.72. The molecule has 162 valence electrons. The van der Waals surface area contributed by atoms with E-state index >= 15 is 0 Å². The summed E-state index contributed by atoms with van der Waals surface area (Å²) in [7, 11) is -2.89. The van der Waals surface area contributed by atoms with Gasteiger partial charge in [-0.05, 0) is 60.7 Å². The van der Waals surface area contributed by atoms with Crippen molar-refractivity contribution >= 4 is 27.3 Å². The molecule has 0 aliphatic carbocycles. The van der Waals surface area contributed by atoms with Crippen molar-refractivity contribution in [2.24, 2.45) is 0 Å². The van der Waals surface area contributed by atoms with Gasteiger partial charge in [0, 0.05) is 0 Å². The van der Waals surface area contributed by atoms with Gasteiger partial charge < -0.3 is 10.1 Å². The first-order valence-corrected chi connectivity index (χ1v) is 10.3. The number of halogens is 3. The Morgan fingerprint density at radius 3 is 2.06 bits per heavy atom. The van der Waals surface area contributed by atoms with E-state index in [1.165, 1.54) is 31.4 Å². The van der Waals surface area contributed by atoms with Gasteiger partial charge in [0.25, 0.3) is 10.0 Å². The molecule has 0 saturated carbocycles. The highest BCUT2D eigenvalue weighted by Gasteiger charge is 2.28. The van der Waals surface area contributed by atoms with E-state index < -0.39 is 45.6 Å². The number of hydrogen-bond donors (Lipinski definition) is 1. The molecule has 0 aliphatic rings. The molecule has 0 saturated heterocycles. The quantitative estimate of drug-likeness (QED) is 0.592. The number of carbonyl (C=O) groups is 1. The standard InChI is InChI=1S/C21H17F3N2O4S/c1-30-16-9-7-15(8-10-16)26(31(28,29)17-11-5-14(22)6-12-17)13-20(27)25-21-18(23)3-2-4-19(21)24/h2-12H,13H2,1H3,(H,25,27). The lowest BCUT2D eigenvalue weighted by Crippen LogP contribution is -2.38. The highest BCUT2D eigenvalue weighted by molar-refractivity contribution is 7.92. The molecule has 0 unspecified atom stereocenters. The minimum atomic E-state index is -4.32. The highest BCUT2D eigenvalue weighted by atomic mass is 32.2. The third kappa shape index (κ3) is 4.97. The molecule has 0 aromatic heterocycles. The normalized spacial score (nSPS) is 11.1. The molecular weight excluding hydrogens is 433 g/mol. The average molecular weight is 450 g/mol. The van der Waals surface area contributed by atoms with Gasteiger partial charge in [-0.3, -0.25) is 9.10 Å². The van der Waals surface area contributed by atoms with Gasteiger partial charge in [0.05, 0.1) is 17.7 Å².